The number of hydrogen-bond acceptors (Lipinski definition) is 4. The lowest BCUT2D eigenvalue weighted by atomic mass is 9.96. The van der Waals surface area contributed by atoms with Crippen molar-refractivity contribution in [2.45, 2.75) is 26.3 Å². The van der Waals surface area contributed by atoms with Crippen LogP contribution in [0.4, 0.5) is 11.4 Å². The number of aliphatic carboxylic acids is 1. The molecule has 0 saturated carbocycles. The standard InChI is InChI=1S/C23H27N3O4/c1-16(27)24-20-7-4-6-19(14-20)22(28)25(2)15-17-5-3-8-21(13-17)26-11-9-18(10-12-26)23(29)30/h3-8,13-14,18H,9-12,15H2,1-2H3,(H,24,27)(H,29,30). The quantitative estimate of drug-likeness (QED) is 0.765. The molecule has 1 fully saturated rings. The zero-order chi connectivity index (χ0) is 21.7. The molecule has 0 aliphatic carbocycles. The Morgan fingerprint density at radius 1 is 1.10 bits per heavy atom. The van der Waals surface area contributed by atoms with Gasteiger partial charge in [-0.25, -0.2) is 0 Å². The van der Waals surface area contributed by atoms with Crippen molar-refractivity contribution < 1.29 is 19.5 Å². The molecular formula is C23H27N3O4. The predicted molar refractivity (Wildman–Crippen MR) is 116 cm³/mol. The average Bonchev–Trinajstić information content (AvgIpc) is 2.73. The summed E-state index contributed by atoms with van der Waals surface area (Å²) in [4.78, 5) is 39.1. The molecule has 30 heavy (non-hydrogen) atoms. The van der Waals surface area contributed by atoms with Crippen LogP contribution in [0.15, 0.2) is 48.5 Å². The largest absolute Gasteiger partial charge is 0.481 e. The van der Waals surface area contributed by atoms with E-state index in [4.69, 9.17) is 5.11 Å². The summed E-state index contributed by atoms with van der Waals surface area (Å²) in [5.74, 6) is -1.29. The maximum atomic E-state index is 12.8. The Bertz CT molecular complexity index is 936. The van der Waals surface area contributed by atoms with E-state index in [1.165, 1.54) is 6.92 Å². The lowest BCUT2D eigenvalue weighted by molar-refractivity contribution is -0.142. The molecule has 2 aromatic rings. The van der Waals surface area contributed by atoms with Crippen molar-refractivity contribution >= 4 is 29.2 Å². The third kappa shape index (κ3) is 5.37. The number of nitrogens with zero attached hydrogens (tertiary/aromatic N) is 2. The minimum absolute atomic E-state index is 0.130. The molecule has 0 aromatic heterocycles. The topological polar surface area (TPSA) is 90.0 Å². The number of carboxylic acid groups (broad SMARTS) is 1. The predicted octanol–water partition coefficient (Wildman–Crippen LogP) is 3.22. The number of carbonyl (C=O) groups excluding carboxylic acids is 2. The van der Waals surface area contributed by atoms with Gasteiger partial charge < -0.3 is 20.2 Å². The highest BCUT2D eigenvalue weighted by Gasteiger charge is 2.24. The Morgan fingerprint density at radius 3 is 2.47 bits per heavy atom. The number of hydrogen-bond donors (Lipinski definition) is 2. The second-order valence-electron chi connectivity index (χ2n) is 7.69. The fourth-order valence-electron chi connectivity index (χ4n) is 3.74. The van der Waals surface area contributed by atoms with Gasteiger partial charge in [0.05, 0.1) is 5.92 Å². The summed E-state index contributed by atoms with van der Waals surface area (Å²) in [5.41, 5.74) is 3.15. The summed E-state index contributed by atoms with van der Waals surface area (Å²) in [7, 11) is 1.75. The van der Waals surface area contributed by atoms with Gasteiger partial charge in [0.25, 0.3) is 5.91 Å². The van der Waals surface area contributed by atoms with E-state index >= 15 is 0 Å². The molecule has 0 bridgehead atoms. The molecular weight excluding hydrogens is 382 g/mol. The van der Waals surface area contributed by atoms with Gasteiger partial charge in [-0.2, -0.15) is 0 Å². The van der Waals surface area contributed by atoms with Crippen molar-refractivity contribution in [3.05, 3.63) is 59.7 Å². The van der Waals surface area contributed by atoms with Crippen molar-refractivity contribution in [2.75, 3.05) is 30.4 Å². The van der Waals surface area contributed by atoms with Crippen LogP contribution in [0.2, 0.25) is 0 Å². The molecule has 2 amide bonds. The molecule has 1 aliphatic rings. The van der Waals surface area contributed by atoms with Crippen LogP contribution in [0.25, 0.3) is 0 Å². The van der Waals surface area contributed by atoms with Crippen molar-refractivity contribution in [3.8, 4) is 0 Å². The van der Waals surface area contributed by atoms with E-state index in [0.29, 0.717) is 43.7 Å². The normalized spacial score (nSPS) is 14.3. The molecule has 158 valence electrons. The molecule has 1 aliphatic heterocycles. The molecule has 1 saturated heterocycles. The van der Waals surface area contributed by atoms with Gasteiger partial charge in [0.15, 0.2) is 0 Å². The average molecular weight is 409 g/mol. The Labute approximate surface area is 176 Å². The fourth-order valence-corrected chi connectivity index (χ4v) is 3.74. The first kappa shape index (κ1) is 21.4. The van der Waals surface area contributed by atoms with Crippen LogP contribution in [0.1, 0.15) is 35.7 Å². The van der Waals surface area contributed by atoms with Crippen LogP contribution in [-0.2, 0) is 16.1 Å². The number of anilines is 2. The summed E-state index contributed by atoms with van der Waals surface area (Å²) >= 11 is 0. The number of amides is 2. The Kier molecular flexibility index (Phi) is 6.72. The zero-order valence-corrected chi connectivity index (χ0v) is 17.3. The molecule has 0 unspecified atom stereocenters. The molecule has 7 heteroatoms. The van der Waals surface area contributed by atoms with E-state index in [1.807, 2.05) is 18.2 Å². The molecule has 2 aromatic carbocycles. The first-order valence-corrected chi connectivity index (χ1v) is 10.0. The van der Waals surface area contributed by atoms with Crippen molar-refractivity contribution in [2.24, 2.45) is 5.92 Å². The van der Waals surface area contributed by atoms with Gasteiger partial charge in [-0.05, 0) is 48.7 Å². The minimum Gasteiger partial charge on any atom is -0.481 e. The maximum Gasteiger partial charge on any atom is 0.306 e. The van der Waals surface area contributed by atoms with Crippen LogP contribution >= 0.6 is 0 Å². The van der Waals surface area contributed by atoms with Crippen molar-refractivity contribution in [1.82, 2.24) is 4.90 Å². The second kappa shape index (κ2) is 9.43. The highest BCUT2D eigenvalue weighted by Crippen LogP contribution is 2.25. The van der Waals surface area contributed by atoms with E-state index in [2.05, 4.69) is 16.3 Å². The first-order chi connectivity index (χ1) is 14.3. The van der Waals surface area contributed by atoms with Gasteiger partial charge in [-0.1, -0.05) is 18.2 Å². The smallest absolute Gasteiger partial charge is 0.306 e. The van der Waals surface area contributed by atoms with E-state index in [-0.39, 0.29) is 17.7 Å². The minimum atomic E-state index is -0.717. The molecule has 3 rings (SSSR count). The molecule has 1 heterocycles. The van der Waals surface area contributed by atoms with Gasteiger partial charge in [0, 0.05) is 50.5 Å². The van der Waals surface area contributed by atoms with E-state index in [0.717, 1.165) is 11.3 Å². The summed E-state index contributed by atoms with van der Waals surface area (Å²) in [6.07, 6.45) is 1.28. The third-order valence-electron chi connectivity index (χ3n) is 5.32. The van der Waals surface area contributed by atoms with Gasteiger partial charge in [-0.3, -0.25) is 14.4 Å². The van der Waals surface area contributed by atoms with Gasteiger partial charge in [0.2, 0.25) is 5.91 Å². The van der Waals surface area contributed by atoms with Crippen LogP contribution in [-0.4, -0.2) is 47.9 Å². The summed E-state index contributed by atoms with van der Waals surface area (Å²) < 4.78 is 0. The number of carbonyl (C=O) groups is 3. The zero-order valence-electron chi connectivity index (χ0n) is 17.3. The SMILES string of the molecule is CC(=O)Nc1cccc(C(=O)N(C)Cc2cccc(N3CCC(C(=O)O)CC3)c2)c1. The number of benzene rings is 2. The third-order valence-corrected chi connectivity index (χ3v) is 5.32. The highest BCUT2D eigenvalue weighted by molar-refractivity contribution is 5.96. The van der Waals surface area contributed by atoms with Crippen LogP contribution in [0, 0.1) is 5.92 Å². The van der Waals surface area contributed by atoms with Crippen molar-refractivity contribution in [1.29, 1.82) is 0 Å². The van der Waals surface area contributed by atoms with E-state index < -0.39 is 5.97 Å². The van der Waals surface area contributed by atoms with Crippen LogP contribution < -0.4 is 10.2 Å². The first-order valence-electron chi connectivity index (χ1n) is 10.0. The summed E-state index contributed by atoms with van der Waals surface area (Å²) in [5, 5.41) is 11.9. The van der Waals surface area contributed by atoms with Crippen LogP contribution in [0.5, 0.6) is 0 Å². The number of nitrogens with one attached hydrogen (secondary N) is 1. The Hall–Kier alpha value is -3.35. The Balaban J connectivity index is 1.65. The summed E-state index contributed by atoms with van der Waals surface area (Å²) in [6, 6.07) is 14.9. The second-order valence-corrected chi connectivity index (χ2v) is 7.69. The van der Waals surface area contributed by atoms with Gasteiger partial charge >= 0.3 is 5.97 Å². The molecule has 0 radical (unpaired) electrons. The van der Waals surface area contributed by atoms with E-state index in [1.54, 1.807) is 36.2 Å². The van der Waals surface area contributed by atoms with Gasteiger partial charge in [-0.15, -0.1) is 0 Å². The number of rotatable bonds is 6. The van der Waals surface area contributed by atoms with Gasteiger partial charge in [0.1, 0.15) is 0 Å². The monoisotopic (exact) mass is 409 g/mol. The maximum absolute atomic E-state index is 12.8. The lowest BCUT2D eigenvalue weighted by Gasteiger charge is -2.32. The van der Waals surface area contributed by atoms with E-state index in [9.17, 15) is 14.4 Å². The molecule has 0 atom stereocenters. The van der Waals surface area contributed by atoms with Crippen LogP contribution in [0.3, 0.4) is 0 Å². The fraction of sp³-hybridized carbons (Fsp3) is 0.348. The molecule has 0 spiro atoms. The summed E-state index contributed by atoms with van der Waals surface area (Å²) in [6.45, 7) is 3.30. The number of carboxylic acids is 1. The Morgan fingerprint density at radius 2 is 1.80 bits per heavy atom. The number of piperidine rings is 1. The molecule has 2 N–H and O–H groups in total. The molecule has 7 nitrogen and oxygen atoms in total. The highest BCUT2D eigenvalue weighted by atomic mass is 16.4. The lowest BCUT2D eigenvalue weighted by Crippen LogP contribution is -2.36. The van der Waals surface area contributed by atoms with Crippen molar-refractivity contribution in [3.63, 3.8) is 0 Å².